The Morgan fingerprint density at radius 3 is 2.30 bits per heavy atom. The molecule has 2 atom stereocenters. The van der Waals surface area contributed by atoms with Crippen molar-refractivity contribution in [3.05, 3.63) is 36.4 Å². The maximum atomic E-state index is 11.9. The van der Waals surface area contributed by atoms with Gasteiger partial charge in [0.05, 0.1) is 12.5 Å². The van der Waals surface area contributed by atoms with E-state index in [9.17, 15) is 24.2 Å². The number of urea groups is 1. The fourth-order valence-corrected chi connectivity index (χ4v) is 2.98. The lowest BCUT2D eigenvalue weighted by Gasteiger charge is -2.31. The summed E-state index contributed by atoms with van der Waals surface area (Å²) in [4.78, 5) is 55.6. The SMILES string of the molecule is CCC1CCC(NC(=O)CNC(=O)N2CCNC(=O)C2=O)B(O)O1.O=CO.c1ccccc1. The molecular formula is C20H29BN4O8. The topological polar surface area (TPSA) is 174 Å². The van der Waals surface area contributed by atoms with Crippen molar-refractivity contribution in [1.29, 1.82) is 0 Å². The molecule has 2 unspecified atom stereocenters. The number of carbonyl (C=O) groups is 5. The molecule has 1 aromatic carbocycles. The first kappa shape index (κ1) is 27.6. The van der Waals surface area contributed by atoms with E-state index in [2.05, 4.69) is 16.0 Å². The summed E-state index contributed by atoms with van der Waals surface area (Å²) in [6.07, 6.45) is 2.06. The number of rotatable bonds is 4. The normalized spacial score (nSPS) is 19.6. The highest BCUT2D eigenvalue weighted by Gasteiger charge is 2.35. The predicted octanol–water partition coefficient (Wildman–Crippen LogP) is -0.865. The second kappa shape index (κ2) is 15.4. The lowest BCUT2D eigenvalue weighted by molar-refractivity contribution is -0.145. The molecular weight excluding hydrogens is 435 g/mol. The van der Waals surface area contributed by atoms with Gasteiger partial charge in [-0.1, -0.05) is 43.3 Å². The molecule has 0 saturated carbocycles. The molecule has 5 amide bonds. The van der Waals surface area contributed by atoms with Gasteiger partial charge in [-0.25, -0.2) is 4.79 Å². The number of carboxylic acid groups (broad SMARTS) is 1. The molecule has 2 aliphatic rings. The molecule has 2 aliphatic heterocycles. The third-order valence-electron chi connectivity index (χ3n) is 4.65. The molecule has 2 heterocycles. The van der Waals surface area contributed by atoms with Crippen molar-refractivity contribution in [3.8, 4) is 0 Å². The Hall–Kier alpha value is -3.45. The van der Waals surface area contributed by atoms with Gasteiger partial charge in [-0.15, -0.1) is 0 Å². The van der Waals surface area contributed by atoms with Crippen LogP contribution in [0.3, 0.4) is 0 Å². The molecule has 12 nitrogen and oxygen atoms in total. The summed E-state index contributed by atoms with van der Waals surface area (Å²) in [5.41, 5.74) is 0. The predicted molar refractivity (Wildman–Crippen MR) is 118 cm³/mol. The third kappa shape index (κ3) is 10.1. The molecule has 1 aromatic rings. The van der Waals surface area contributed by atoms with Gasteiger partial charge >= 0.3 is 25.0 Å². The van der Waals surface area contributed by atoms with Gasteiger partial charge in [0.2, 0.25) is 5.91 Å². The van der Waals surface area contributed by atoms with Crippen molar-refractivity contribution < 1.29 is 38.8 Å². The lowest BCUT2D eigenvalue weighted by Crippen LogP contribution is -2.58. The van der Waals surface area contributed by atoms with Gasteiger partial charge < -0.3 is 30.7 Å². The van der Waals surface area contributed by atoms with E-state index in [0.717, 1.165) is 17.7 Å². The maximum Gasteiger partial charge on any atom is 0.478 e. The molecule has 0 aromatic heterocycles. The first-order valence-corrected chi connectivity index (χ1v) is 10.4. The van der Waals surface area contributed by atoms with Crippen LogP contribution in [-0.4, -0.2) is 84.1 Å². The number of hydrogen-bond acceptors (Lipinski definition) is 7. The van der Waals surface area contributed by atoms with Crippen LogP contribution in [0, 0.1) is 0 Å². The van der Waals surface area contributed by atoms with E-state index in [4.69, 9.17) is 14.6 Å². The Morgan fingerprint density at radius 1 is 1.21 bits per heavy atom. The molecule has 0 aliphatic carbocycles. The minimum atomic E-state index is -1.09. The van der Waals surface area contributed by atoms with Crippen molar-refractivity contribution in [2.45, 2.75) is 38.2 Å². The first-order valence-electron chi connectivity index (χ1n) is 10.4. The standard InChI is InChI=1S/C13H21BN4O6.C6H6.CH2O2/c1-2-8-3-4-9(14(23)24-8)17-10(19)7-16-13(22)18-6-5-15-11(20)12(18)21;1-2-4-6-5-3-1;2-1-3/h8-9,23H,2-7H2,1H3,(H,15,20)(H,16,22)(H,17,19);1-6H;1H,(H,2,3). The van der Waals surface area contributed by atoms with Crippen LogP contribution in [0.2, 0.25) is 0 Å². The Balaban J connectivity index is 0.000000506. The number of carbonyl (C=O) groups excluding carboxylic acids is 4. The van der Waals surface area contributed by atoms with E-state index in [1.807, 2.05) is 43.3 Å². The number of benzene rings is 1. The van der Waals surface area contributed by atoms with Crippen LogP contribution < -0.4 is 16.0 Å². The summed E-state index contributed by atoms with van der Waals surface area (Å²) >= 11 is 0. The fraction of sp³-hybridized carbons (Fsp3) is 0.450. The van der Waals surface area contributed by atoms with Crippen LogP contribution in [0.15, 0.2) is 36.4 Å². The van der Waals surface area contributed by atoms with Crippen LogP contribution in [-0.2, 0) is 23.8 Å². The van der Waals surface area contributed by atoms with E-state index in [-0.39, 0.29) is 32.2 Å². The molecule has 2 fully saturated rings. The van der Waals surface area contributed by atoms with E-state index < -0.39 is 36.8 Å². The number of nitrogens with one attached hydrogen (secondary N) is 3. The van der Waals surface area contributed by atoms with Crippen molar-refractivity contribution >= 4 is 37.3 Å². The monoisotopic (exact) mass is 464 g/mol. The minimum Gasteiger partial charge on any atom is -0.483 e. The average Bonchev–Trinajstić information content (AvgIpc) is 2.82. The summed E-state index contributed by atoms with van der Waals surface area (Å²) in [5, 5.41) is 23.9. The molecule has 0 spiro atoms. The largest absolute Gasteiger partial charge is 0.483 e. The molecule has 0 radical (unpaired) electrons. The van der Waals surface area contributed by atoms with Gasteiger partial charge in [0.15, 0.2) is 0 Å². The molecule has 0 bridgehead atoms. The zero-order chi connectivity index (χ0) is 24.6. The number of hydrogen-bond donors (Lipinski definition) is 5. The molecule has 3 rings (SSSR count). The Labute approximate surface area is 191 Å². The quantitative estimate of drug-likeness (QED) is 0.217. The van der Waals surface area contributed by atoms with E-state index in [1.165, 1.54) is 0 Å². The van der Waals surface area contributed by atoms with Gasteiger partial charge in [0, 0.05) is 19.2 Å². The zero-order valence-electron chi connectivity index (χ0n) is 18.3. The zero-order valence-corrected chi connectivity index (χ0v) is 18.3. The van der Waals surface area contributed by atoms with Crippen LogP contribution >= 0.6 is 0 Å². The van der Waals surface area contributed by atoms with Gasteiger partial charge in [-0.3, -0.25) is 24.1 Å². The highest BCUT2D eigenvalue weighted by Crippen LogP contribution is 2.18. The summed E-state index contributed by atoms with van der Waals surface area (Å²) in [5.74, 6) is -2.87. The van der Waals surface area contributed by atoms with Gasteiger partial charge in [-0.05, 0) is 19.3 Å². The highest BCUT2D eigenvalue weighted by molar-refractivity contribution is 6.45. The smallest absolute Gasteiger partial charge is 0.478 e. The second-order valence-corrected chi connectivity index (χ2v) is 6.94. The summed E-state index contributed by atoms with van der Waals surface area (Å²) in [7, 11) is -1.09. The summed E-state index contributed by atoms with van der Waals surface area (Å²) in [6, 6.07) is 11.2. The number of nitrogens with zero attached hydrogens (tertiary/aromatic N) is 1. The van der Waals surface area contributed by atoms with Crippen LogP contribution in [0.1, 0.15) is 26.2 Å². The third-order valence-corrected chi connectivity index (χ3v) is 4.65. The van der Waals surface area contributed by atoms with Crippen LogP contribution in [0.25, 0.3) is 0 Å². The van der Waals surface area contributed by atoms with Crippen LogP contribution in [0.4, 0.5) is 4.79 Å². The van der Waals surface area contributed by atoms with E-state index >= 15 is 0 Å². The van der Waals surface area contributed by atoms with E-state index in [1.54, 1.807) is 0 Å². The molecule has 13 heteroatoms. The minimum absolute atomic E-state index is 0.0240. The second-order valence-electron chi connectivity index (χ2n) is 6.94. The maximum absolute atomic E-state index is 11.9. The Kier molecular flexibility index (Phi) is 12.9. The Morgan fingerprint density at radius 2 is 1.79 bits per heavy atom. The number of piperazine rings is 1. The summed E-state index contributed by atoms with van der Waals surface area (Å²) < 4.78 is 5.35. The van der Waals surface area contributed by atoms with Crippen molar-refractivity contribution in [3.63, 3.8) is 0 Å². The summed E-state index contributed by atoms with van der Waals surface area (Å²) in [6.45, 7) is 1.55. The average molecular weight is 464 g/mol. The highest BCUT2D eigenvalue weighted by atomic mass is 16.5. The van der Waals surface area contributed by atoms with Crippen molar-refractivity contribution in [1.82, 2.24) is 20.9 Å². The van der Waals surface area contributed by atoms with Gasteiger partial charge in [0.1, 0.15) is 0 Å². The lowest BCUT2D eigenvalue weighted by atomic mass is 9.72. The van der Waals surface area contributed by atoms with Gasteiger partial charge in [-0.2, -0.15) is 0 Å². The van der Waals surface area contributed by atoms with Crippen molar-refractivity contribution in [2.75, 3.05) is 19.6 Å². The molecule has 33 heavy (non-hydrogen) atoms. The molecule has 180 valence electrons. The molecule has 2 saturated heterocycles. The van der Waals surface area contributed by atoms with Gasteiger partial charge in [0.25, 0.3) is 6.47 Å². The van der Waals surface area contributed by atoms with Crippen LogP contribution in [0.5, 0.6) is 0 Å². The number of amides is 5. The van der Waals surface area contributed by atoms with E-state index in [0.29, 0.717) is 6.42 Å². The Bertz CT molecular complexity index is 756. The molecule has 5 N–H and O–H groups in total. The van der Waals surface area contributed by atoms with Crippen molar-refractivity contribution in [2.24, 2.45) is 0 Å². The first-order chi connectivity index (χ1) is 15.8. The number of imide groups is 1. The fourth-order valence-electron chi connectivity index (χ4n) is 2.98.